The maximum Gasteiger partial charge on any atom is 0.328 e. The molecule has 1 N–H and O–H groups in total. The summed E-state index contributed by atoms with van der Waals surface area (Å²) in [5.41, 5.74) is 2.16. The molecule has 0 bridgehead atoms. The van der Waals surface area contributed by atoms with Crippen molar-refractivity contribution in [2.75, 3.05) is 7.11 Å². The number of nitrogens with zero attached hydrogens (tertiary/aromatic N) is 1. The van der Waals surface area contributed by atoms with Gasteiger partial charge in [-0.3, -0.25) is 9.59 Å². The van der Waals surface area contributed by atoms with Gasteiger partial charge in [-0.1, -0.05) is 24.3 Å². The molecular weight excluding hydrogens is 376 g/mol. The second-order valence-corrected chi connectivity index (χ2v) is 6.72. The molecule has 0 aliphatic heterocycles. The first-order chi connectivity index (χ1) is 13.9. The smallest absolute Gasteiger partial charge is 0.328 e. The maximum atomic E-state index is 12.6. The van der Waals surface area contributed by atoms with Crippen molar-refractivity contribution in [2.45, 2.75) is 38.8 Å². The van der Waals surface area contributed by atoms with Crippen molar-refractivity contribution >= 4 is 17.8 Å². The number of hydrogen-bond donors (Lipinski definition) is 1. The Morgan fingerprint density at radius 3 is 2.38 bits per heavy atom. The lowest BCUT2D eigenvalue weighted by Gasteiger charge is -2.18. The van der Waals surface area contributed by atoms with E-state index in [0.717, 1.165) is 11.1 Å². The molecule has 1 atom stereocenters. The summed E-state index contributed by atoms with van der Waals surface area (Å²) in [5.74, 6) is -1.78. The topological polar surface area (TPSA) is 104 Å². The molecule has 2 aromatic rings. The van der Waals surface area contributed by atoms with Gasteiger partial charge >= 0.3 is 11.9 Å². The van der Waals surface area contributed by atoms with E-state index in [2.05, 4.69) is 10.3 Å². The van der Waals surface area contributed by atoms with Crippen molar-refractivity contribution in [3.05, 3.63) is 53.3 Å². The van der Waals surface area contributed by atoms with Gasteiger partial charge in [-0.05, 0) is 18.1 Å². The quantitative estimate of drug-likeness (QED) is 0.741. The Morgan fingerprint density at radius 2 is 1.79 bits per heavy atom. The highest BCUT2D eigenvalue weighted by molar-refractivity contribution is 5.98. The van der Waals surface area contributed by atoms with E-state index in [1.807, 2.05) is 24.3 Å². The van der Waals surface area contributed by atoms with Crippen LogP contribution in [0.3, 0.4) is 0 Å². The summed E-state index contributed by atoms with van der Waals surface area (Å²) in [4.78, 5) is 40.4. The van der Waals surface area contributed by atoms with E-state index in [1.165, 1.54) is 33.2 Å². The van der Waals surface area contributed by atoms with E-state index in [1.54, 1.807) is 0 Å². The molecule has 29 heavy (non-hydrogen) atoms. The van der Waals surface area contributed by atoms with E-state index >= 15 is 0 Å². The second kappa shape index (κ2) is 8.72. The van der Waals surface area contributed by atoms with E-state index in [4.69, 9.17) is 14.2 Å². The van der Waals surface area contributed by atoms with Crippen LogP contribution in [0.4, 0.5) is 0 Å². The van der Waals surface area contributed by atoms with Gasteiger partial charge in [0.15, 0.2) is 11.4 Å². The number of methoxy groups -OCH3 is 1. The largest absolute Gasteiger partial charge is 0.493 e. The third-order valence-electron chi connectivity index (χ3n) is 4.55. The summed E-state index contributed by atoms with van der Waals surface area (Å²) in [5, 5.41) is 2.53. The van der Waals surface area contributed by atoms with E-state index < -0.39 is 23.9 Å². The number of carbonyl (C=O) groups excluding carboxylic acids is 3. The molecule has 0 radical (unpaired) electrons. The van der Waals surface area contributed by atoms with Gasteiger partial charge in [-0.25, -0.2) is 9.78 Å². The predicted octanol–water partition coefficient (Wildman–Crippen LogP) is 1.84. The number of rotatable bonds is 6. The molecule has 0 saturated heterocycles. The SMILES string of the molecule is COc1ccnc(C(=O)N[C@@H](C)C(=O)OC2Cc3ccccc3C2)c1OC(C)=O. The number of fused-ring (bicyclic) bond motifs is 1. The molecule has 1 aromatic carbocycles. The van der Waals surface area contributed by atoms with Crippen molar-refractivity contribution in [1.82, 2.24) is 10.3 Å². The predicted molar refractivity (Wildman–Crippen MR) is 103 cm³/mol. The molecule has 8 heteroatoms. The van der Waals surface area contributed by atoms with E-state index in [9.17, 15) is 14.4 Å². The molecule has 1 heterocycles. The molecule has 152 valence electrons. The van der Waals surface area contributed by atoms with Crippen LogP contribution >= 0.6 is 0 Å². The molecule has 1 aliphatic rings. The van der Waals surface area contributed by atoms with Gasteiger partial charge in [0.25, 0.3) is 5.91 Å². The number of esters is 2. The van der Waals surface area contributed by atoms with Crippen LogP contribution in [0.5, 0.6) is 11.5 Å². The number of aromatic nitrogens is 1. The monoisotopic (exact) mass is 398 g/mol. The van der Waals surface area contributed by atoms with E-state index in [0.29, 0.717) is 12.8 Å². The summed E-state index contributed by atoms with van der Waals surface area (Å²) in [6, 6.07) is 8.48. The summed E-state index contributed by atoms with van der Waals surface area (Å²) in [6.45, 7) is 2.72. The number of ether oxygens (including phenoxy) is 3. The zero-order chi connectivity index (χ0) is 21.0. The fourth-order valence-electron chi connectivity index (χ4n) is 3.19. The fraction of sp³-hybridized carbons (Fsp3) is 0.333. The highest BCUT2D eigenvalue weighted by Crippen LogP contribution is 2.29. The van der Waals surface area contributed by atoms with Gasteiger partial charge in [0.05, 0.1) is 7.11 Å². The second-order valence-electron chi connectivity index (χ2n) is 6.72. The molecule has 8 nitrogen and oxygen atoms in total. The van der Waals surface area contributed by atoms with Crippen LogP contribution in [0.1, 0.15) is 35.5 Å². The number of benzene rings is 1. The Bertz CT molecular complexity index is 918. The number of hydrogen-bond acceptors (Lipinski definition) is 7. The molecule has 0 saturated carbocycles. The summed E-state index contributed by atoms with van der Waals surface area (Å²) >= 11 is 0. The first-order valence-electron chi connectivity index (χ1n) is 9.18. The molecule has 0 fully saturated rings. The van der Waals surface area contributed by atoms with Crippen molar-refractivity contribution in [1.29, 1.82) is 0 Å². The lowest BCUT2D eigenvalue weighted by Crippen LogP contribution is -2.41. The third kappa shape index (κ3) is 4.71. The van der Waals surface area contributed by atoms with Crippen LogP contribution in [-0.2, 0) is 27.2 Å². The Balaban J connectivity index is 1.65. The minimum Gasteiger partial charge on any atom is -0.493 e. The molecule has 3 rings (SSSR count). The average Bonchev–Trinajstić information content (AvgIpc) is 3.09. The van der Waals surface area contributed by atoms with Gasteiger partial charge in [0.2, 0.25) is 5.75 Å². The number of pyridine rings is 1. The zero-order valence-electron chi connectivity index (χ0n) is 16.4. The third-order valence-corrected chi connectivity index (χ3v) is 4.55. The molecule has 1 aliphatic carbocycles. The Kier molecular flexibility index (Phi) is 6.11. The first-order valence-corrected chi connectivity index (χ1v) is 9.18. The Morgan fingerprint density at radius 1 is 1.14 bits per heavy atom. The minimum absolute atomic E-state index is 0.105. The van der Waals surface area contributed by atoms with Crippen LogP contribution in [0.2, 0.25) is 0 Å². The highest BCUT2D eigenvalue weighted by atomic mass is 16.6. The lowest BCUT2D eigenvalue weighted by atomic mass is 10.1. The highest BCUT2D eigenvalue weighted by Gasteiger charge is 2.28. The molecule has 0 unspecified atom stereocenters. The zero-order valence-corrected chi connectivity index (χ0v) is 16.4. The summed E-state index contributed by atoms with van der Waals surface area (Å²) in [7, 11) is 1.38. The Hall–Kier alpha value is -3.42. The van der Waals surface area contributed by atoms with Crippen LogP contribution in [-0.4, -0.2) is 42.1 Å². The van der Waals surface area contributed by atoms with Crippen LogP contribution in [0.15, 0.2) is 36.5 Å². The Labute approximate surface area is 168 Å². The lowest BCUT2D eigenvalue weighted by molar-refractivity contribution is -0.150. The molecule has 0 spiro atoms. The minimum atomic E-state index is -0.913. The number of carbonyl (C=O) groups is 3. The molecular formula is C21H22N2O6. The van der Waals surface area contributed by atoms with Crippen molar-refractivity contribution in [3.63, 3.8) is 0 Å². The number of amides is 1. The van der Waals surface area contributed by atoms with Crippen LogP contribution in [0.25, 0.3) is 0 Å². The van der Waals surface area contributed by atoms with Gasteiger partial charge in [-0.15, -0.1) is 0 Å². The summed E-state index contributed by atoms with van der Waals surface area (Å²) in [6.07, 6.45) is 2.39. The van der Waals surface area contributed by atoms with E-state index in [-0.39, 0.29) is 23.3 Å². The standard InChI is InChI=1S/C21H22N2O6/c1-12(21(26)29-16-10-14-6-4-5-7-15(14)11-16)23-20(25)18-19(28-13(2)24)17(27-3)8-9-22-18/h4-9,12,16H,10-11H2,1-3H3,(H,23,25)/t12-/m0/s1. The number of nitrogens with one attached hydrogen (secondary N) is 1. The van der Waals surface area contributed by atoms with Crippen LogP contribution in [0, 0.1) is 0 Å². The van der Waals surface area contributed by atoms with Crippen molar-refractivity contribution < 1.29 is 28.6 Å². The van der Waals surface area contributed by atoms with Gasteiger partial charge in [0.1, 0.15) is 12.1 Å². The summed E-state index contributed by atoms with van der Waals surface area (Å²) < 4.78 is 15.7. The normalized spacial score (nSPS) is 13.9. The maximum absolute atomic E-state index is 12.6. The van der Waals surface area contributed by atoms with Gasteiger partial charge in [0, 0.05) is 32.0 Å². The molecule has 1 amide bonds. The fourth-order valence-corrected chi connectivity index (χ4v) is 3.19. The van der Waals surface area contributed by atoms with Crippen molar-refractivity contribution in [3.8, 4) is 11.5 Å². The first kappa shape index (κ1) is 20.3. The average molecular weight is 398 g/mol. The van der Waals surface area contributed by atoms with Gasteiger partial charge < -0.3 is 19.5 Å². The van der Waals surface area contributed by atoms with Crippen molar-refractivity contribution in [2.24, 2.45) is 0 Å². The molecule has 1 aromatic heterocycles. The van der Waals surface area contributed by atoms with Gasteiger partial charge in [-0.2, -0.15) is 0 Å². The van der Waals surface area contributed by atoms with Crippen LogP contribution < -0.4 is 14.8 Å².